The van der Waals surface area contributed by atoms with Crippen LogP contribution in [0.1, 0.15) is 11.1 Å². The summed E-state index contributed by atoms with van der Waals surface area (Å²) in [6, 6.07) is 7.49. The van der Waals surface area contributed by atoms with E-state index < -0.39 is 0 Å². The number of likely N-dealkylation sites (N-methyl/N-ethyl adjacent to an activating group) is 1. The van der Waals surface area contributed by atoms with Gasteiger partial charge in [0.1, 0.15) is 0 Å². The summed E-state index contributed by atoms with van der Waals surface area (Å²) in [5.74, 6) is 0. The van der Waals surface area contributed by atoms with Crippen molar-refractivity contribution in [3.05, 3.63) is 34.3 Å². The lowest BCUT2D eigenvalue weighted by atomic mass is 9.94. The second kappa shape index (κ2) is 6.02. The Morgan fingerprint density at radius 2 is 2.05 bits per heavy atom. The monoisotopic (exact) mass is 293 g/mol. The van der Waals surface area contributed by atoms with Crippen molar-refractivity contribution in [1.29, 1.82) is 0 Å². The van der Waals surface area contributed by atoms with Crippen LogP contribution in [-0.2, 0) is 6.42 Å². The van der Waals surface area contributed by atoms with Crippen molar-refractivity contribution in [3.8, 4) is 0 Å². The first-order chi connectivity index (χ1) is 9.67. The molecule has 4 heteroatoms. The molecule has 4 rings (SSSR count). The van der Waals surface area contributed by atoms with Crippen LogP contribution < -0.4 is 5.32 Å². The van der Waals surface area contributed by atoms with Gasteiger partial charge in [-0.15, -0.1) is 0 Å². The molecule has 0 aliphatic carbocycles. The van der Waals surface area contributed by atoms with E-state index in [0.29, 0.717) is 12.1 Å². The maximum atomic E-state index is 6.40. The van der Waals surface area contributed by atoms with Crippen molar-refractivity contribution in [1.82, 2.24) is 15.1 Å². The summed E-state index contributed by atoms with van der Waals surface area (Å²) in [5.41, 5.74) is 2.49. The molecule has 3 nitrogen and oxygen atoms in total. The predicted octanol–water partition coefficient (Wildman–Crippen LogP) is 1.78. The van der Waals surface area contributed by atoms with Crippen LogP contribution in [0, 0.1) is 6.92 Å². The Morgan fingerprint density at radius 3 is 2.60 bits per heavy atom. The van der Waals surface area contributed by atoms with Crippen molar-refractivity contribution in [2.75, 3.05) is 39.8 Å². The number of halogens is 1. The SMILES string of the molecule is CNC(Cc1ccc(C)cc1Cl)C1CN2CCN1CC2. The van der Waals surface area contributed by atoms with Crippen LogP contribution in [0.3, 0.4) is 0 Å². The first kappa shape index (κ1) is 14.3. The van der Waals surface area contributed by atoms with Crippen LogP contribution in [0.4, 0.5) is 0 Å². The Bertz CT molecular complexity index is 469. The van der Waals surface area contributed by atoms with E-state index in [1.54, 1.807) is 0 Å². The van der Waals surface area contributed by atoms with E-state index in [4.69, 9.17) is 11.6 Å². The van der Waals surface area contributed by atoms with Crippen molar-refractivity contribution >= 4 is 11.6 Å². The van der Waals surface area contributed by atoms with E-state index in [1.165, 1.54) is 43.9 Å². The molecule has 1 aromatic rings. The molecule has 0 radical (unpaired) electrons. The van der Waals surface area contributed by atoms with Crippen molar-refractivity contribution in [3.63, 3.8) is 0 Å². The van der Waals surface area contributed by atoms with Crippen molar-refractivity contribution in [2.45, 2.75) is 25.4 Å². The number of rotatable bonds is 4. The Hall–Kier alpha value is -0.610. The van der Waals surface area contributed by atoms with Gasteiger partial charge in [-0.2, -0.15) is 0 Å². The highest BCUT2D eigenvalue weighted by Crippen LogP contribution is 2.24. The highest BCUT2D eigenvalue weighted by atomic mass is 35.5. The molecule has 0 saturated carbocycles. The smallest absolute Gasteiger partial charge is 0.0441 e. The summed E-state index contributed by atoms with van der Waals surface area (Å²) >= 11 is 6.40. The molecule has 1 aromatic carbocycles. The number of nitrogens with zero attached hydrogens (tertiary/aromatic N) is 2. The van der Waals surface area contributed by atoms with Crippen LogP contribution in [-0.4, -0.2) is 61.7 Å². The Balaban J connectivity index is 1.73. The molecule has 0 spiro atoms. The Kier molecular flexibility index (Phi) is 4.32. The average molecular weight is 294 g/mol. The van der Waals surface area contributed by atoms with E-state index >= 15 is 0 Å². The number of benzene rings is 1. The number of aryl methyl sites for hydroxylation is 1. The van der Waals surface area contributed by atoms with Gasteiger partial charge in [0.2, 0.25) is 0 Å². The van der Waals surface area contributed by atoms with Gasteiger partial charge < -0.3 is 5.32 Å². The number of nitrogens with one attached hydrogen (secondary N) is 1. The van der Waals surface area contributed by atoms with E-state index in [2.05, 4.69) is 47.3 Å². The van der Waals surface area contributed by atoms with Crippen LogP contribution in [0.25, 0.3) is 0 Å². The Labute approximate surface area is 126 Å². The van der Waals surface area contributed by atoms with Gasteiger partial charge in [0.05, 0.1) is 0 Å². The third kappa shape index (κ3) is 2.86. The average Bonchev–Trinajstić information content (AvgIpc) is 2.48. The van der Waals surface area contributed by atoms with Crippen molar-refractivity contribution < 1.29 is 0 Å². The lowest BCUT2D eigenvalue weighted by molar-refractivity contribution is -0.00201. The highest BCUT2D eigenvalue weighted by molar-refractivity contribution is 6.31. The van der Waals surface area contributed by atoms with E-state index in [0.717, 1.165) is 11.4 Å². The van der Waals surface area contributed by atoms with Crippen LogP contribution in [0.15, 0.2) is 18.2 Å². The molecule has 2 bridgehead atoms. The summed E-state index contributed by atoms with van der Waals surface area (Å²) in [5, 5.41) is 4.42. The molecule has 2 unspecified atom stereocenters. The molecule has 3 aliphatic rings. The Morgan fingerprint density at radius 1 is 1.30 bits per heavy atom. The molecule has 1 N–H and O–H groups in total. The maximum absolute atomic E-state index is 6.40. The molecule has 3 saturated heterocycles. The molecule has 2 atom stereocenters. The van der Waals surface area contributed by atoms with Crippen LogP contribution in [0.5, 0.6) is 0 Å². The van der Waals surface area contributed by atoms with Gasteiger partial charge in [-0.05, 0) is 37.6 Å². The summed E-state index contributed by atoms with van der Waals surface area (Å²) in [6.07, 6.45) is 1.00. The fraction of sp³-hybridized carbons (Fsp3) is 0.625. The normalized spacial score (nSPS) is 30.4. The molecule has 3 aliphatic heterocycles. The zero-order valence-corrected chi connectivity index (χ0v) is 13.2. The molecule has 3 fully saturated rings. The second-order valence-electron chi connectivity index (χ2n) is 6.10. The van der Waals surface area contributed by atoms with Gasteiger partial charge >= 0.3 is 0 Å². The van der Waals surface area contributed by atoms with Crippen LogP contribution in [0.2, 0.25) is 5.02 Å². The van der Waals surface area contributed by atoms with Gasteiger partial charge in [-0.3, -0.25) is 9.80 Å². The van der Waals surface area contributed by atoms with Crippen LogP contribution >= 0.6 is 11.6 Å². The molecule has 0 aromatic heterocycles. The van der Waals surface area contributed by atoms with E-state index in [1.807, 2.05) is 0 Å². The van der Waals surface area contributed by atoms with Crippen molar-refractivity contribution in [2.24, 2.45) is 0 Å². The third-order valence-electron chi connectivity index (χ3n) is 4.80. The first-order valence-electron chi connectivity index (χ1n) is 7.56. The summed E-state index contributed by atoms with van der Waals surface area (Å²) in [6.45, 7) is 8.17. The van der Waals surface area contributed by atoms with Gasteiger partial charge in [-0.25, -0.2) is 0 Å². The first-order valence-corrected chi connectivity index (χ1v) is 7.94. The molecular formula is C16H24ClN3. The minimum atomic E-state index is 0.471. The lowest BCUT2D eigenvalue weighted by Crippen LogP contribution is -2.66. The summed E-state index contributed by atoms with van der Waals surface area (Å²) in [7, 11) is 2.07. The fourth-order valence-electron chi connectivity index (χ4n) is 3.52. The van der Waals surface area contributed by atoms with Gasteiger partial charge in [-0.1, -0.05) is 23.7 Å². The second-order valence-corrected chi connectivity index (χ2v) is 6.51. The minimum Gasteiger partial charge on any atom is -0.315 e. The number of hydrogen-bond acceptors (Lipinski definition) is 3. The fourth-order valence-corrected chi connectivity index (χ4v) is 3.84. The molecule has 110 valence electrons. The minimum absolute atomic E-state index is 0.471. The van der Waals surface area contributed by atoms with Gasteiger partial charge in [0.15, 0.2) is 0 Å². The highest BCUT2D eigenvalue weighted by Gasteiger charge is 2.36. The standard InChI is InChI=1S/C16H24ClN3/c1-12-3-4-13(14(17)9-12)10-15(18-2)16-11-19-5-7-20(16)8-6-19/h3-4,9,15-16,18H,5-8,10-11H2,1-2H3. The van der Waals surface area contributed by atoms with E-state index in [-0.39, 0.29) is 0 Å². The quantitative estimate of drug-likeness (QED) is 0.913. The largest absolute Gasteiger partial charge is 0.315 e. The number of piperazine rings is 3. The molecular weight excluding hydrogens is 270 g/mol. The summed E-state index contributed by atoms with van der Waals surface area (Å²) in [4.78, 5) is 5.23. The van der Waals surface area contributed by atoms with Gasteiger partial charge in [0, 0.05) is 49.8 Å². The number of fused-ring (bicyclic) bond motifs is 3. The predicted molar refractivity (Wildman–Crippen MR) is 84.5 cm³/mol. The zero-order chi connectivity index (χ0) is 14.1. The summed E-state index contributed by atoms with van der Waals surface area (Å²) < 4.78 is 0. The number of hydrogen-bond donors (Lipinski definition) is 1. The maximum Gasteiger partial charge on any atom is 0.0441 e. The topological polar surface area (TPSA) is 18.5 Å². The third-order valence-corrected chi connectivity index (χ3v) is 5.16. The molecule has 0 amide bonds. The molecule has 20 heavy (non-hydrogen) atoms. The van der Waals surface area contributed by atoms with Gasteiger partial charge in [0.25, 0.3) is 0 Å². The lowest BCUT2D eigenvalue weighted by Gasteiger charge is -2.50. The zero-order valence-electron chi connectivity index (χ0n) is 12.4. The molecule has 3 heterocycles. The van der Waals surface area contributed by atoms with E-state index in [9.17, 15) is 0 Å².